The van der Waals surface area contributed by atoms with E-state index >= 15 is 0 Å². The number of hydrogen-bond donors (Lipinski definition) is 6. The molecule has 0 bridgehead atoms. The Labute approximate surface area is 272 Å². The number of rotatable bonds is 15. The smallest absolute Gasteiger partial charge is 0.339 e. The highest BCUT2D eigenvalue weighted by Crippen LogP contribution is 2.42. The van der Waals surface area contributed by atoms with Crippen molar-refractivity contribution in [2.24, 2.45) is 0 Å². The number of aliphatic hydroxyl groups excluding tert-OH is 1. The summed E-state index contributed by atoms with van der Waals surface area (Å²) in [4.78, 5) is 43.6. The van der Waals surface area contributed by atoms with E-state index < -0.39 is 54.5 Å². The van der Waals surface area contributed by atoms with E-state index in [1.807, 2.05) is 25.2 Å². The minimum Gasteiger partial charge on any atom is -0.507 e. The Balaban J connectivity index is 2.08. The molecular weight excluding hydrogens is 654 g/mol. The molecule has 46 heavy (non-hydrogen) atoms. The van der Waals surface area contributed by atoms with Crippen molar-refractivity contribution in [2.45, 2.75) is 90.9 Å². The highest BCUT2D eigenvalue weighted by Gasteiger charge is 2.39. The molecular formula is C30H50N2O11P2Si. The van der Waals surface area contributed by atoms with Crippen molar-refractivity contribution in [1.29, 1.82) is 0 Å². The quantitative estimate of drug-likeness (QED) is 0.112. The average molecular weight is 705 g/mol. The minimum atomic E-state index is -4.68. The van der Waals surface area contributed by atoms with E-state index in [1.165, 1.54) is 4.90 Å². The van der Waals surface area contributed by atoms with E-state index in [0.29, 0.717) is 23.5 Å². The molecule has 16 heteroatoms. The van der Waals surface area contributed by atoms with Crippen molar-refractivity contribution in [3.8, 4) is 11.5 Å². The van der Waals surface area contributed by atoms with Gasteiger partial charge in [-0.1, -0.05) is 57.2 Å². The van der Waals surface area contributed by atoms with Crippen molar-refractivity contribution in [3.63, 3.8) is 0 Å². The fourth-order valence-corrected chi connectivity index (χ4v) is 7.53. The summed E-state index contributed by atoms with van der Waals surface area (Å²) in [7, 11) is -11.7. The lowest BCUT2D eigenvalue weighted by Gasteiger charge is -2.41. The summed E-state index contributed by atoms with van der Waals surface area (Å²) in [6, 6.07) is 9.45. The van der Waals surface area contributed by atoms with Gasteiger partial charge in [0.05, 0.1) is 19.8 Å². The second kappa shape index (κ2) is 14.9. The van der Waals surface area contributed by atoms with E-state index in [9.17, 15) is 38.9 Å². The van der Waals surface area contributed by atoms with Crippen molar-refractivity contribution >= 4 is 23.5 Å². The molecule has 0 amide bonds. The maximum absolute atomic E-state index is 12.5. The Bertz CT molecular complexity index is 1440. The van der Waals surface area contributed by atoms with Gasteiger partial charge >= 0.3 is 15.2 Å². The summed E-state index contributed by atoms with van der Waals surface area (Å²) in [6.45, 7) is 13.5. The van der Waals surface area contributed by atoms with Crippen LogP contribution in [0.1, 0.15) is 56.9 Å². The first kappa shape index (κ1) is 38.8. The van der Waals surface area contributed by atoms with Crippen LogP contribution in [-0.4, -0.2) is 85.5 Å². The molecule has 0 radical (unpaired) electrons. The van der Waals surface area contributed by atoms with Crippen molar-refractivity contribution < 1.29 is 52.8 Å². The molecule has 2 aromatic rings. The van der Waals surface area contributed by atoms with Gasteiger partial charge in [0, 0.05) is 61.8 Å². The van der Waals surface area contributed by atoms with Gasteiger partial charge in [-0.2, -0.15) is 0 Å². The van der Waals surface area contributed by atoms with Crippen LogP contribution in [0.5, 0.6) is 11.5 Å². The van der Waals surface area contributed by atoms with Crippen LogP contribution in [0.15, 0.2) is 36.4 Å². The maximum atomic E-state index is 12.5. The van der Waals surface area contributed by atoms with E-state index in [2.05, 4.69) is 20.8 Å². The monoisotopic (exact) mass is 704 g/mol. The largest absolute Gasteiger partial charge is 0.507 e. The number of hydrogen-bond acceptors (Lipinski definition) is 9. The first-order valence-electron chi connectivity index (χ1n) is 15.0. The lowest BCUT2D eigenvalue weighted by Crippen LogP contribution is -2.50. The second-order valence-electron chi connectivity index (χ2n) is 13.9. The lowest BCUT2D eigenvalue weighted by atomic mass is 10.1. The van der Waals surface area contributed by atoms with Crippen LogP contribution in [-0.2, 0) is 44.6 Å². The molecule has 0 fully saturated rings. The van der Waals surface area contributed by atoms with Gasteiger partial charge in [0.15, 0.2) is 8.32 Å². The van der Waals surface area contributed by atoms with Crippen molar-refractivity contribution in [3.05, 3.63) is 58.7 Å². The predicted molar refractivity (Wildman–Crippen MR) is 177 cm³/mol. The molecule has 0 aliphatic carbocycles. The zero-order valence-corrected chi connectivity index (χ0v) is 30.5. The third kappa shape index (κ3) is 11.2. The molecule has 0 saturated carbocycles. The molecule has 0 aromatic heterocycles. The number of para-hydroxylation sites is 2. The standard InChI is InChI=1S/C30H50N2O11P2Si/c1-29(2,3)46(6,7)42-19-26(32(21-45(38,39)40)15-22-10-8-12-24(17-33)27(22)34)16-31(20-44(35,36)37)14-23-11-9-13-25-18-41-30(4,5)43-28(23)25/h8-13,26,33-34H,14-21H2,1-7H3,(H2,35,36,37)(H2,38,39,40). The number of nitrogens with zero attached hydrogens (tertiary/aromatic N) is 2. The van der Waals surface area contributed by atoms with Crippen LogP contribution in [0.2, 0.25) is 18.1 Å². The Kier molecular flexibility index (Phi) is 12.5. The van der Waals surface area contributed by atoms with E-state index in [0.717, 1.165) is 5.56 Å². The highest BCUT2D eigenvalue weighted by atomic mass is 31.2. The third-order valence-corrected chi connectivity index (χ3v) is 14.4. The van der Waals surface area contributed by atoms with Gasteiger partial charge in [-0.3, -0.25) is 18.9 Å². The van der Waals surface area contributed by atoms with Crippen LogP contribution in [0.25, 0.3) is 0 Å². The van der Waals surface area contributed by atoms with Crippen LogP contribution < -0.4 is 4.74 Å². The summed E-state index contributed by atoms with van der Waals surface area (Å²) < 4.78 is 43.3. The predicted octanol–water partition coefficient (Wildman–Crippen LogP) is 4.49. The Morgan fingerprint density at radius 1 is 0.957 bits per heavy atom. The summed E-state index contributed by atoms with van der Waals surface area (Å²) in [5.74, 6) is -0.557. The van der Waals surface area contributed by atoms with E-state index in [-0.39, 0.29) is 42.6 Å². The topological polar surface area (TPSA) is 190 Å². The fraction of sp³-hybridized carbons (Fsp3) is 0.600. The average Bonchev–Trinajstić information content (AvgIpc) is 2.89. The van der Waals surface area contributed by atoms with Crippen LogP contribution >= 0.6 is 15.2 Å². The molecule has 1 atom stereocenters. The number of benzene rings is 2. The van der Waals surface area contributed by atoms with Gasteiger partial charge in [-0.05, 0) is 18.1 Å². The Hall–Kier alpha value is -1.64. The Morgan fingerprint density at radius 2 is 1.54 bits per heavy atom. The number of fused-ring (bicyclic) bond motifs is 1. The van der Waals surface area contributed by atoms with E-state index in [4.69, 9.17) is 13.9 Å². The number of aromatic hydroxyl groups is 1. The van der Waals surface area contributed by atoms with Gasteiger partial charge in [-0.25, -0.2) is 0 Å². The van der Waals surface area contributed by atoms with Crippen LogP contribution in [0, 0.1) is 0 Å². The molecule has 260 valence electrons. The second-order valence-corrected chi connectivity index (χ2v) is 21.9. The summed E-state index contributed by atoms with van der Waals surface area (Å²) in [5.41, 5.74) is 2.03. The highest BCUT2D eigenvalue weighted by molar-refractivity contribution is 7.51. The SMILES string of the molecule is CC1(C)OCc2cccc(CN(CC(CO[Si](C)(C)C(C)(C)C)N(Cc3cccc(CO)c3O)CP(=O)(O)O)CP(=O)(O)O)c2O1. The molecule has 1 aliphatic heterocycles. The van der Waals surface area contributed by atoms with Gasteiger partial charge in [0.2, 0.25) is 5.79 Å². The number of aliphatic hydroxyl groups is 1. The molecule has 1 heterocycles. The number of phenols is 1. The summed E-state index contributed by atoms with van der Waals surface area (Å²) in [6.07, 6.45) is -1.34. The molecule has 3 rings (SSSR count). The molecule has 1 unspecified atom stereocenters. The van der Waals surface area contributed by atoms with Crippen molar-refractivity contribution in [1.82, 2.24) is 9.80 Å². The van der Waals surface area contributed by atoms with Gasteiger partial charge in [0.25, 0.3) is 0 Å². The zero-order valence-electron chi connectivity index (χ0n) is 27.7. The molecule has 2 aromatic carbocycles. The van der Waals surface area contributed by atoms with Gasteiger partial charge in [0.1, 0.15) is 24.1 Å². The molecule has 0 saturated heterocycles. The van der Waals surface area contributed by atoms with Gasteiger partial charge in [-0.15, -0.1) is 0 Å². The molecule has 0 spiro atoms. The third-order valence-electron chi connectivity index (χ3n) is 8.42. The Morgan fingerprint density at radius 3 is 2.13 bits per heavy atom. The first-order valence-corrected chi connectivity index (χ1v) is 21.5. The molecule has 6 N–H and O–H groups in total. The van der Waals surface area contributed by atoms with Crippen molar-refractivity contribution in [2.75, 3.05) is 25.7 Å². The zero-order chi connectivity index (χ0) is 34.7. The first-order chi connectivity index (χ1) is 21.0. The fourth-order valence-electron chi connectivity index (χ4n) is 4.95. The molecule has 13 nitrogen and oxygen atoms in total. The summed E-state index contributed by atoms with van der Waals surface area (Å²) >= 11 is 0. The maximum Gasteiger partial charge on any atom is 0.339 e. The minimum absolute atomic E-state index is 0.00112. The van der Waals surface area contributed by atoms with Crippen LogP contribution in [0.4, 0.5) is 0 Å². The normalized spacial score (nSPS) is 16.4. The van der Waals surface area contributed by atoms with Gasteiger partial charge < -0.3 is 43.7 Å². The summed E-state index contributed by atoms with van der Waals surface area (Å²) in [5, 5.41) is 20.3. The number of ether oxygens (including phenoxy) is 2. The van der Waals surface area contributed by atoms with Crippen LogP contribution in [0.3, 0.4) is 0 Å². The molecule has 1 aliphatic rings. The van der Waals surface area contributed by atoms with E-state index in [1.54, 1.807) is 43.0 Å². The lowest BCUT2D eigenvalue weighted by molar-refractivity contribution is -0.180.